The summed E-state index contributed by atoms with van der Waals surface area (Å²) in [5.74, 6) is 1.74. The Morgan fingerprint density at radius 3 is 0.953 bits per heavy atom. The van der Waals surface area contributed by atoms with Gasteiger partial charge in [0.05, 0.1) is 44.8 Å². The van der Waals surface area contributed by atoms with Gasteiger partial charge in [0.15, 0.2) is 0 Å². The van der Waals surface area contributed by atoms with E-state index in [1.165, 1.54) is 42.3 Å². The molecule has 2 aromatic heterocycles. The van der Waals surface area contributed by atoms with Crippen LogP contribution in [0.5, 0.6) is 0 Å². The van der Waals surface area contributed by atoms with Crippen LogP contribution in [-0.2, 0) is 0 Å². The van der Waals surface area contributed by atoms with Gasteiger partial charge in [-0.15, -0.1) is 0 Å². The van der Waals surface area contributed by atoms with Crippen LogP contribution in [-0.4, -0.2) is 19.1 Å². The third-order valence-corrected chi connectivity index (χ3v) is 14.4. The largest absolute Gasteiger partial charge is 0.308 e. The summed E-state index contributed by atoms with van der Waals surface area (Å²) < 4.78 is 4.54. The van der Waals surface area contributed by atoms with Crippen molar-refractivity contribution in [3.8, 4) is 34.2 Å². The molecule has 8 heteroatoms. The maximum Gasteiger partial charge on any atom is 0.145 e. The molecule has 0 saturated heterocycles. The van der Waals surface area contributed by atoms with Crippen molar-refractivity contribution in [1.82, 2.24) is 19.1 Å². The number of rotatable bonds is 6. The zero-order chi connectivity index (χ0) is 42.1. The summed E-state index contributed by atoms with van der Waals surface area (Å²) in [5.41, 5.74) is 14.8. The van der Waals surface area contributed by atoms with E-state index in [4.69, 9.17) is 9.97 Å². The number of imidazole rings is 2. The maximum absolute atomic E-state index is 5.44. The number of hydrogen-bond donors (Lipinski definition) is 0. The monoisotopic (exact) mass is 856 g/mol. The van der Waals surface area contributed by atoms with Gasteiger partial charge in [-0.25, -0.2) is 9.97 Å². The predicted octanol–water partition coefficient (Wildman–Crippen LogP) is 15.6. The van der Waals surface area contributed by atoms with Crippen molar-refractivity contribution in [3.05, 3.63) is 218 Å². The molecular weight excluding hydrogens is 821 g/mol. The lowest BCUT2D eigenvalue weighted by Gasteiger charge is -2.32. The van der Waals surface area contributed by atoms with E-state index < -0.39 is 0 Å². The molecule has 9 aromatic carbocycles. The van der Waals surface area contributed by atoms with E-state index in [0.717, 1.165) is 67.6 Å². The van der Waals surface area contributed by atoms with Gasteiger partial charge < -0.3 is 9.80 Å². The van der Waals surface area contributed by atoms with Crippen LogP contribution in [0, 0.1) is 0 Å². The first-order valence-corrected chi connectivity index (χ1v) is 23.0. The fourth-order valence-corrected chi connectivity index (χ4v) is 11.3. The molecular formula is C56H36N6S2. The van der Waals surface area contributed by atoms with Crippen LogP contribution in [0.3, 0.4) is 0 Å². The SMILES string of the molecule is c1ccc(-n2c(-c3ccc(N4c5ccccc5Sc5ccccc54)cc3)nc3cc4c(cc32)nc(-c2ccc(N3c5ccccc5Sc5ccccc53)cc2)n4-c2ccccc2)cc1. The Morgan fingerprint density at radius 2 is 0.609 bits per heavy atom. The molecule has 0 fully saturated rings. The molecule has 0 bridgehead atoms. The van der Waals surface area contributed by atoms with Crippen molar-refractivity contribution < 1.29 is 0 Å². The minimum atomic E-state index is 0.872. The van der Waals surface area contributed by atoms with E-state index in [1.54, 1.807) is 0 Å². The molecule has 0 aliphatic carbocycles. The number of nitrogens with zero attached hydrogens (tertiary/aromatic N) is 6. The van der Waals surface area contributed by atoms with Gasteiger partial charge in [0, 0.05) is 53.5 Å². The molecule has 302 valence electrons. The number of benzene rings is 9. The molecule has 0 N–H and O–H groups in total. The van der Waals surface area contributed by atoms with Crippen LogP contribution in [0.1, 0.15) is 0 Å². The molecule has 0 atom stereocenters. The minimum Gasteiger partial charge on any atom is -0.308 e. The number of para-hydroxylation sites is 6. The van der Waals surface area contributed by atoms with Crippen molar-refractivity contribution in [2.45, 2.75) is 19.6 Å². The standard InChI is InChI=1S/C56H36N6S2/c1-3-15-39(16-4-1)61-49-35-44-50(36-43(49)57-55(61)37-27-31-41(32-28-37)59-45-19-7-11-23-51(45)63-52-24-12-8-20-46(52)59)62(40-17-5-2-6-18-40)56(58-44)38-29-33-42(34-30-38)60-47-21-9-13-25-53(47)64-54-26-14-10-22-48(54)60/h1-36H. The van der Waals surface area contributed by atoms with Crippen LogP contribution in [0.2, 0.25) is 0 Å². The third kappa shape index (κ3) is 5.98. The van der Waals surface area contributed by atoms with Crippen LogP contribution in [0.15, 0.2) is 238 Å². The summed E-state index contributed by atoms with van der Waals surface area (Å²) >= 11 is 3.64. The second-order valence-electron chi connectivity index (χ2n) is 15.9. The molecule has 0 saturated carbocycles. The van der Waals surface area contributed by atoms with Gasteiger partial charge in [0.2, 0.25) is 0 Å². The molecule has 11 aromatic rings. The predicted molar refractivity (Wildman–Crippen MR) is 264 cm³/mol. The van der Waals surface area contributed by atoms with E-state index in [9.17, 15) is 0 Å². The molecule has 6 nitrogen and oxygen atoms in total. The fourth-order valence-electron chi connectivity index (χ4n) is 9.20. The Kier molecular flexibility index (Phi) is 8.60. The molecule has 13 rings (SSSR count). The van der Waals surface area contributed by atoms with Gasteiger partial charge in [0.1, 0.15) is 11.6 Å². The quantitative estimate of drug-likeness (QED) is 0.166. The van der Waals surface area contributed by atoms with Crippen LogP contribution in [0.4, 0.5) is 34.1 Å². The van der Waals surface area contributed by atoms with E-state index in [2.05, 4.69) is 237 Å². The molecule has 4 heterocycles. The molecule has 0 unspecified atom stereocenters. The van der Waals surface area contributed by atoms with Crippen molar-refractivity contribution >= 4 is 79.7 Å². The first-order chi connectivity index (χ1) is 31.7. The smallest absolute Gasteiger partial charge is 0.145 e. The second-order valence-corrected chi connectivity index (χ2v) is 18.0. The highest BCUT2D eigenvalue weighted by molar-refractivity contribution is 8.00. The summed E-state index contributed by atoms with van der Waals surface area (Å²) in [6.07, 6.45) is 0. The summed E-state index contributed by atoms with van der Waals surface area (Å²) in [6.45, 7) is 0. The average molecular weight is 857 g/mol. The number of aromatic nitrogens is 4. The second kappa shape index (κ2) is 14.9. The normalized spacial score (nSPS) is 12.8. The Bertz CT molecular complexity index is 3230. The minimum absolute atomic E-state index is 0.872. The Morgan fingerprint density at radius 1 is 0.297 bits per heavy atom. The summed E-state index contributed by atoms with van der Waals surface area (Å²) in [4.78, 5) is 20.6. The van der Waals surface area contributed by atoms with Crippen LogP contribution >= 0.6 is 23.5 Å². The Labute approximate surface area is 378 Å². The van der Waals surface area contributed by atoms with Crippen molar-refractivity contribution in [2.75, 3.05) is 9.80 Å². The van der Waals surface area contributed by atoms with Gasteiger partial charge >= 0.3 is 0 Å². The summed E-state index contributed by atoms with van der Waals surface area (Å²) in [7, 11) is 0. The molecule has 0 radical (unpaired) electrons. The first-order valence-electron chi connectivity index (χ1n) is 21.3. The van der Waals surface area contributed by atoms with Gasteiger partial charge in [0.25, 0.3) is 0 Å². The zero-order valence-electron chi connectivity index (χ0n) is 34.3. The lowest BCUT2D eigenvalue weighted by Crippen LogP contribution is -2.14. The number of hydrogen-bond acceptors (Lipinski definition) is 6. The lowest BCUT2D eigenvalue weighted by atomic mass is 10.1. The van der Waals surface area contributed by atoms with Gasteiger partial charge in [-0.05, 0) is 133 Å². The summed E-state index contributed by atoms with van der Waals surface area (Å²) in [6, 6.07) is 77.7. The van der Waals surface area contributed by atoms with Gasteiger partial charge in [-0.1, -0.05) is 108 Å². The first kappa shape index (κ1) is 36.8. The molecule has 64 heavy (non-hydrogen) atoms. The van der Waals surface area contributed by atoms with E-state index in [-0.39, 0.29) is 0 Å². The average Bonchev–Trinajstić information content (AvgIpc) is 3.93. The highest BCUT2D eigenvalue weighted by atomic mass is 32.2. The van der Waals surface area contributed by atoms with Gasteiger partial charge in [-0.3, -0.25) is 9.13 Å². The van der Waals surface area contributed by atoms with Crippen molar-refractivity contribution in [1.29, 1.82) is 0 Å². The number of anilines is 6. The highest BCUT2D eigenvalue weighted by Crippen LogP contribution is 2.53. The highest BCUT2D eigenvalue weighted by Gasteiger charge is 2.27. The van der Waals surface area contributed by atoms with Crippen molar-refractivity contribution in [3.63, 3.8) is 0 Å². The molecule has 0 spiro atoms. The summed E-state index contributed by atoms with van der Waals surface area (Å²) in [5, 5.41) is 0. The maximum atomic E-state index is 5.44. The third-order valence-electron chi connectivity index (χ3n) is 12.1. The Balaban J connectivity index is 0.939. The van der Waals surface area contributed by atoms with Crippen LogP contribution < -0.4 is 9.80 Å². The Hall–Kier alpha value is -7.78. The zero-order valence-corrected chi connectivity index (χ0v) is 35.9. The van der Waals surface area contributed by atoms with E-state index >= 15 is 0 Å². The lowest BCUT2D eigenvalue weighted by molar-refractivity contribution is 1.10. The van der Waals surface area contributed by atoms with E-state index in [0.29, 0.717) is 0 Å². The number of fused-ring (bicyclic) bond motifs is 6. The topological polar surface area (TPSA) is 42.1 Å². The molecule has 0 amide bonds. The molecule has 2 aliphatic rings. The fraction of sp³-hybridized carbons (Fsp3) is 0. The van der Waals surface area contributed by atoms with Crippen LogP contribution in [0.25, 0.3) is 56.2 Å². The molecule has 2 aliphatic heterocycles. The van der Waals surface area contributed by atoms with Crippen molar-refractivity contribution in [2.24, 2.45) is 0 Å². The van der Waals surface area contributed by atoms with Gasteiger partial charge in [-0.2, -0.15) is 0 Å². The van der Waals surface area contributed by atoms with E-state index in [1.807, 2.05) is 23.5 Å².